The van der Waals surface area contributed by atoms with Gasteiger partial charge in [-0.15, -0.1) is 0 Å². The Labute approximate surface area is 103 Å². The first-order chi connectivity index (χ1) is 7.79. The lowest BCUT2D eigenvalue weighted by atomic mass is 9.90. The number of halogens is 1. The lowest BCUT2D eigenvalue weighted by Gasteiger charge is -2.26. The van der Waals surface area contributed by atoms with E-state index in [-0.39, 0.29) is 0 Å². The highest BCUT2D eigenvalue weighted by Crippen LogP contribution is 2.41. The molecule has 1 aromatic carbocycles. The normalized spacial score (nSPS) is 26.5. The average Bonchev–Trinajstić information content (AvgIpc) is 2.67. The molecule has 0 radical (unpaired) electrons. The molecule has 0 spiro atoms. The van der Waals surface area contributed by atoms with Gasteiger partial charge in [-0.25, -0.2) is 0 Å². The molecule has 1 fully saturated rings. The van der Waals surface area contributed by atoms with Gasteiger partial charge in [-0.3, -0.25) is 0 Å². The summed E-state index contributed by atoms with van der Waals surface area (Å²) in [5.41, 5.74) is 3.08. The molecule has 1 aromatic rings. The Hall–Kier alpha value is -1.05. The van der Waals surface area contributed by atoms with Gasteiger partial charge in [-0.05, 0) is 30.7 Å². The SMILES string of the molecule is N#Cc1cc(Br)cc2c1N[C@@H]1CCNC[C@H]21. The molecule has 2 atom stereocenters. The second kappa shape index (κ2) is 3.76. The number of hydrogen-bond donors (Lipinski definition) is 2. The third kappa shape index (κ3) is 1.43. The Morgan fingerprint density at radius 2 is 2.31 bits per heavy atom. The van der Waals surface area contributed by atoms with Crippen LogP contribution in [0.3, 0.4) is 0 Å². The van der Waals surface area contributed by atoms with Crippen molar-refractivity contribution in [2.24, 2.45) is 0 Å². The van der Waals surface area contributed by atoms with E-state index in [1.165, 1.54) is 5.56 Å². The van der Waals surface area contributed by atoms with Crippen molar-refractivity contribution in [3.05, 3.63) is 27.7 Å². The number of fused-ring (bicyclic) bond motifs is 3. The zero-order valence-corrected chi connectivity index (χ0v) is 10.3. The second-order valence-corrected chi connectivity index (χ2v) is 5.30. The molecule has 0 bridgehead atoms. The van der Waals surface area contributed by atoms with Gasteiger partial charge in [0.25, 0.3) is 0 Å². The summed E-state index contributed by atoms with van der Waals surface area (Å²) >= 11 is 3.47. The molecular formula is C12H12BrN3. The van der Waals surface area contributed by atoms with Crippen molar-refractivity contribution < 1.29 is 0 Å². The van der Waals surface area contributed by atoms with Crippen LogP contribution in [-0.2, 0) is 0 Å². The summed E-state index contributed by atoms with van der Waals surface area (Å²) in [4.78, 5) is 0. The molecule has 4 heteroatoms. The van der Waals surface area contributed by atoms with Gasteiger partial charge in [0.1, 0.15) is 6.07 Å². The smallest absolute Gasteiger partial charge is 0.101 e. The highest BCUT2D eigenvalue weighted by atomic mass is 79.9. The quantitative estimate of drug-likeness (QED) is 0.764. The first-order valence-electron chi connectivity index (χ1n) is 5.50. The van der Waals surface area contributed by atoms with Crippen LogP contribution in [0.1, 0.15) is 23.5 Å². The molecule has 2 heterocycles. The molecule has 2 aliphatic heterocycles. The van der Waals surface area contributed by atoms with Gasteiger partial charge in [-0.1, -0.05) is 15.9 Å². The van der Waals surface area contributed by atoms with Crippen molar-refractivity contribution in [2.75, 3.05) is 18.4 Å². The number of rotatable bonds is 0. The van der Waals surface area contributed by atoms with Gasteiger partial charge in [-0.2, -0.15) is 5.26 Å². The van der Waals surface area contributed by atoms with Crippen LogP contribution in [0.25, 0.3) is 0 Å². The average molecular weight is 278 g/mol. The summed E-state index contributed by atoms with van der Waals surface area (Å²) in [5.74, 6) is 0.508. The summed E-state index contributed by atoms with van der Waals surface area (Å²) < 4.78 is 0.996. The summed E-state index contributed by atoms with van der Waals surface area (Å²) in [6, 6.07) is 6.79. The van der Waals surface area contributed by atoms with E-state index in [1.54, 1.807) is 0 Å². The van der Waals surface area contributed by atoms with E-state index in [2.05, 4.69) is 38.7 Å². The predicted molar refractivity (Wildman–Crippen MR) is 66.5 cm³/mol. The van der Waals surface area contributed by atoms with Crippen LogP contribution in [-0.4, -0.2) is 19.1 Å². The predicted octanol–water partition coefficient (Wildman–Crippen LogP) is 2.19. The Balaban J connectivity index is 2.11. The summed E-state index contributed by atoms with van der Waals surface area (Å²) in [6.07, 6.45) is 1.13. The zero-order chi connectivity index (χ0) is 11.1. The Kier molecular flexibility index (Phi) is 2.38. The van der Waals surface area contributed by atoms with Gasteiger partial charge < -0.3 is 10.6 Å². The standard InChI is InChI=1S/C12H12BrN3/c13-8-3-7(5-14)12-9(4-8)10-6-15-2-1-11(10)16-12/h3-4,10-11,15-16H,1-2,6H2/t10-,11-/m1/s1. The number of anilines is 1. The Morgan fingerprint density at radius 1 is 1.44 bits per heavy atom. The van der Waals surface area contributed by atoms with Crippen LogP contribution in [0, 0.1) is 11.3 Å². The number of piperidine rings is 1. The first-order valence-corrected chi connectivity index (χ1v) is 6.29. The van der Waals surface area contributed by atoms with E-state index in [4.69, 9.17) is 5.26 Å². The molecular weight excluding hydrogens is 266 g/mol. The molecule has 0 aromatic heterocycles. The van der Waals surface area contributed by atoms with Gasteiger partial charge in [0.2, 0.25) is 0 Å². The van der Waals surface area contributed by atoms with E-state index in [0.29, 0.717) is 12.0 Å². The number of nitriles is 1. The molecule has 2 N–H and O–H groups in total. The molecule has 16 heavy (non-hydrogen) atoms. The molecule has 1 saturated heterocycles. The van der Waals surface area contributed by atoms with Gasteiger partial charge in [0, 0.05) is 23.0 Å². The second-order valence-electron chi connectivity index (χ2n) is 4.38. The molecule has 0 aliphatic carbocycles. The van der Waals surface area contributed by atoms with E-state index < -0.39 is 0 Å². The van der Waals surface area contributed by atoms with Crippen molar-refractivity contribution in [1.29, 1.82) is 5.26 Å². The van der Waals surface area contributed by atoms with Gasteiger partial charge in [0.05, 0.1) is 11.3 Å². The fourth-order valence-corrected chi connectivity index (χ4v) is 3.19. The highest BCUT2D eigenvalue weighted by molar-refractivity contribution is 9.10. The van der Waals surface area contributed by atoms with Crippen molar-refractivity contribution in [3.8, 4) is 6.07 Å². The van der Waals surface area contributed by atoms with Crippen molar-refractivity contribution in [3.63, 3.8) is 0 Å². The van der Waals surface area contributed by atoms with Crippen LogP contribution in [0.2, 0.25) is 0 Å². The first kappa shape index (κ1) is 10.1. The maximum absolute atomic E-state index is 9.13. The maximum atomic E-state index is 9.13. The van der Waals surface area contributed by atoms with E-state index in [9.17, 15) is 0 Å². The third-order valence-electron chi connectivity index (χ3n) is 3.47. The number of nitrogens with zero attached hydrogens (tertiary/aromatic N) is 1. The minimum absolute atomic E-state index is 0.498. The summed E-state index contributed by atoms with van der Waals surface area (Å²) in [5, 5.41) is 16.0. The van der Waals surface area contributed by atoms with E-state index in [0.717, 1.165) is 35.2 Å². The van der Waals surface area contributed by atoms with Gasteiger partial charge in [0.15, 0.2) is 0 Å². The highest BCUT2D eigenvalue weighted by Gasteiger charge is 2.35. The molecule has 0 amide bonds. The van der Waals surface area contributed by atoms with Crippen molar-refractivity contribution in [2.45, 2.75) is 18.4 Å². The Morgan fingerprint density at radius 3 is 3.12 bits per heavy atom. The number of benzene rings is 1. The Bertz CT molecular complexity index is 478. The fourth-order valence-electron chi connectivity index (χ4n) is 2.71. The van der Waals surface area contributed by atoms with Crippen LogP contribution in [0.5, 0.6) is 0 Å². The topological polar surface area (TPSA) is 47.9 Å². The third-order valence-corrected chi connectivity index (χ3v) is 3.92. The minimum atomic E-state index is 0.498. The van der Waals surface area contributed by atoms with Crippen LogP contribution >= 0.6 is 15.9 Å². The molecule has 82 valence electrons. The van der Waals surface area contributed by atoms with Crippen LogP contribution in [0.4, 0.5) is 5.69 Å². The maximum Gasteiger partial charge on any atom is 0.101 e. The molecule has 0 saturated carbocycles. The largest absolute Gasteiger partial charge is 0.380 e. The fraction of sp³-hybridized carbons (Fsp3) is 0.417. The van der Waals surface area contributed by atoms with Gasteiger partial charge >= 0.3 is 0 Å². The van der Waals surface area contributed by atoms with Crippen LogP contribution in [0.15, 0.2) is 16.6 Å². The molecule has 2 aliphatic rings. The molecule has 0 unspecified atom stereocenters. The van der Waals surface area contributed by atoms with Crippen molar-refractivity contribution >= 4 is 21.6 Å². The molecule has 3 rings (SSSR count). The number of hydrogen-bond acceptors (Lipinski definition) is 3. The minimum Gasteiger partial charge on any atom is -0.380 e. The lowest BCUT2D eigenvalue weighted by Crippen LogP contribution is -2.38. The molecule has 3 nitrogen and oxygen atoms in total. The lowest BCUT2D eigenvalue weighted by molar-refractivity contribution is 0.440. The number of nitrogens with one attached hydrogen (secondary N) is 2. The zero-order valence-electron chi connectivity index (χ0n) is 8.76. The van der Waals surface area contributed by atoms with Crippen LogP contribution < -0.4 is 10.6 Å². The summed E-state index contributed by atoms with van der Waals surface area (Å²) in [6.45, 7) is 2.07. The van der Waals surface area contributed by atoms with E-state index >= 15 is 0 Å². The monoisotopic (exact) mass is 277 g/mol. The summed E-state index contributed by atoms with van der Waals surface area (Å²) in [7, 11) is 0. The van der Waals surface area contributed by atoms with Crippen molar-refractivity contribution in [1.82, 2.24) is 5.32 Å². The van der Waals surface area contributed by atoms with E-state index in [1.807, 2.05) is 6.07 Å².